The summed E-state index contributed by atoms with van der Waals surface area (Å²) in [5.41, 5.74) is 6.73. The van der Waals surface area contributed by atoms with Gasteiger partial charge in [-0.2, -0.15) is 0 Å². The number of nitrogens with one attached hydrogen (secondary N) is 1. The summed E-state index contributed by atoms with van der Waals surface area (Å²) < 4.78 is 1.38. The van der Waals surface area contributed by atoms with Crippen molar-refractivity contribution < 1.29 is 4.79 Å². The van der Waals surface area contributed by atoms with Crippen LogP contribution in [0.25, 0.3) is 5.65 Å². The molecule has 0 radical (unpaired) electrons. The van der Waals surface area contributed by atoms with Gasteiger partial charge in [0.25, 0.3) is 11.5 Å². The summed E-state index contributed by atoms with van der Waals surface area (Å²) in [6.45, 7) is 4.18. The van der Waals surface area contributed by atoms with Crippen molar-refractivity contribution in [2.75, 3.05) is 6.54 Å². The van der Waals surface area contributed by atoms with E-state index in [0.717, 1.165) is 5.56 Å². The van der Waals surface area contributed by atoms with Crippen LogP contribution < -0.4 is 16.6 Å². The number of nitrogens with two attached hydrogens (primary N) is 1. The van der Waals surface area contributed by atoms with Gasteiger partial charge >= 0.3 is 0 Å². The third-order valence-electron chi connectivity index (χ3n) is 2.98. The van der Waals surface area contributed by atoms with Gasteiger partial charge in [0.05, 0.1) is 0 Å². The molecule has 1 unspecified atom stereocenters. The van der Waals surface area contributed by atoms with E-state index in [1.54, 1.807) is 12.3 Å². The van der Waals surface area contributed by atoms with Gasteiger partial charge in [0.2, 0.25) is 0 Å². The average molecular weight is 311 g/mol. The number of pyridine rings is 1. The smallest absolute Gasteiger partial charge is 0.270 e. The fraction of sp³-hybridized carbons (Fsp3) is 0.357. The number of hydrogen-bond donors (Lipinski definition) is 2. The van der Waals surface area contributed by atoms with E-state index < -0.39 is 5.91 Å². The summed E-state index contributed by atoms with van der Waals surface area (Å²) in [5.74, 6) is -0.418. The van der Waals surface area contributed by atoms with Crippen LogP contribution in [0.3, 0.4) is 0 Å². The maximum Gasteiger partial charge on any atom is 0.270 e. The first-order valence-electron chi connectivity index (χ1n) is 6.51. The molecule has 0 saturated carbocycles. The summed E-state index contributed by atoms with van der Waals surface area (Å²) in [4.78, 5) is 28.4. The SMILES string of the molecule is Cc1ccc2ncc(C(=O)NCCC(C)N)c(=O)n2c1.Cl. The summed E-state index contributed by atoms with van der Waals surface area (Å²) in [6, 6.07) is 3.62. The van der Waals surface area contributed by atoms with Gasteiger partial charge in [-0.15, -0.1) is 12.4 Å². The van der Waals surface area contributed by atoms with Crippen LogP contribution in [-0.4, -0.2) is 27.9 Å². The molecule has 7 heteroatoms. The first kappa shape index (κ1) is 17.1. The molecule has 3 N–H and O–H groups in total. The quantitative estimate of drug-likeness (QED) is 0.877. The molecule has 0 saturated heterocycles. The number of aryl methyl sites for hydroxylation is 1. The normalized spacial score (nSPS) is 11.8. The van der Waals surface area contributed by atoms with Gasteiger partial charge in [-0.1, -0.05) is 6.07 Å². The van der Waals surface area contributed by atoms with Crippen molar-refractivity contribution in [3.8, 4) is 0 Å². The van der Waals surface area contributed by atoms with E-state index in [0.29, 0.717) is 18.6 Å². The minimum atomic E-state index is -0.418. The Kier molecular flexibility index (Phi) is 5.87. The molecule has 2 rings (SSSR count). The van der Waals surface area contributed by atoms with Gasteiger partial charge in [0, 0.05) is 25.0 Å². The monoisotopic (exact) mass is 310 g/mol. The molecule has 0 bridgehead atoms. The summed E-state index contributed by atoms with van der Waals surface area (Å²) in [6.07, 6.45) is 3.64. The molecule has 0 aliphatic heterocycles. The molecule has 21 heavy (non-hydrogen) atoms. The molecule has 0 fully saturated rings. The Balaban J connectivity index is 0.00000220. The molecular formula is C14H19ClN4O2. The highest BCUT2D eigenvalue weighted by Crippen LogP contribution is 2.01. The molecule has 0 aliphatic rings. The van der Waals surface area contributed by atoms with Crippen molar-refractivity contribution >= 4 is 24.0 Å². The van der Waals surface area contributed by atoms with E-state index >= 15 is 0 Å². The molecule has 1 atom stereocenters. The Bertz CT molecular complexity index is 697. The van der Waals surface area contributed by atoms with Gasteiger partial charge in [0.15, 0.2) is 0 Å². The maximum atomic E-state index is 12.3. The molecule has 2 aromatic heterocycles. The number of halogens is 1. The van der Waals surface area contributed by atoms with Crippen LogP contribution in [0.15, 0.2) is 29.3 Å². The van der Waals surface area contributed by atoms with Crippen LogP contribution in [0.2, 0.25) is 0 Å². The molecule has 6 nitrogen and oxygen atoms in total. The first-order valence-corrected chi connectivity index (χ1v) is 6.51. The lowest BCUT2D eigenvalue weighted by Crippen LogP contribution is -2.34. The predicted molar refractivity (Wildman–Crippen MR) is 84.0 cm³/mol. The fourth-order valence-corrected chi connectivity index (χ4v) is 1.85. The van der Waals surface area contributed by atoms with E-state index in [2.05, 4.69) is 10.3 Å². The highest BCUT2D eigenvalue weighted by Gasteiger charge is 2.12. The lowest BCUT2D eigenvalue weighted by Gasteiger charge is -2.08. The van der Waals surface area contributed by atoms with E-state index in [1.807, 2.05) is 19.9 Å². The van der Waals surface area contributed by atoms with Crippen molar-refractivity contribution in [2.24, 2.45) is 5.73 Å². The minimum absolute atomic E-state index is 0. The lowest BCUT2D eigenvalue weighted by molar-refractivity contribution is 0.0950. The van der Waals surface area contributed by atoms with E-state index in [9.17, 15) is 9.59 Å². The highest BCUT2D eigenvalue weighted by atomic mass is 35.5. The second-order valence-electron chi connectivity index (χ2n) is 4.93. The Morgan fingerprint density at radius 3 is 2.86 bits per heavy atom. The van der Waals surface area contributed by atoms with Crippen LogP contribution in [0.1, 0.15) is 29.3 Å². The second-order valence-corrected chi connectivity index (χ2v) is 4.93. The molecule has 2 aromatic rings. The van der Waals surface area contributed by atoms with E-state index in [1.165, 1.54) is 10.6 Å². The minimum Gasteiger partial charge on any atom is -0.352 e. The second kappa shape index (κ2) is 7.19. The predicted octanol–water partition coefficient (Wildman–Crippen LogP) is 0.892. The van der Waals surface area contributed by atoms with E-state index in [4.69, 9.17) is 5.73 Å². The van der Waals surface area contributed by atoms with Crippen LogP contribution in [0.5, 0.6) is 0 Å². The molecule has 2 heterocycles. The number of amides is 1. The molecule has 0 aromatic carbocycles. The number of carbonyl (C=O) groups is 1. The van der Waals surface area contributed by atoms with Crippen molar-refractivity contribution in [1.29, 1.82) is 0 Å². The number of aromatic nitrogens is 2. The molecule has 1 amide bonds. The zero-order chi connectivity index (χ0) is 14.7. The Hall–Kier alpha value is -1.92. The summed E-state index contributed by atoms with van der Waals surface area (Å²) in [5, 5.41) is 2.68. The lowest BCUT2D eigenvalue weighted by atomic mass is 10.2. The van der Waals surface area contributed by atoms with Crippen molar-refractivity contribution in [3.05, 3.63) is 46.0 Å². The zero-order valence-corrected chi connectivity index (χ0v) is 12.8. The number of hydrogen-bond acceptors (Lipinski definition) is 4. The third-order valence-corrected chi connectivity index (χ3v) is 2.98. The maximum absolute atomic E-state index is 12.3. The van der Waals surface area contributed by atoms with Crippen LogP contribution in [0, 0.1) is 6.92 Å². The van der Waals surface area contributed by atoms with Crippen molar-refractivity contribution in [2.45, 2.75) is 26.3 Å². The standard InChI is InChI=1S/C14H18N4O2.ClH/c1-9-3-4-12-17-7-11(14(20)18(12)8-9)13(19)16-6-5-10(2)15;/h3-4,7-8,10H,5-6,15H2,1-2H3,(H,16,19);1H. The topological polar surface area (TPSA) is 89.5 Å². The van der Waals surface area contributed by atoms with Gasteiger partial charge in [-0.25, -0.2) is 4.98 Å². The van der Waals surface area contributed by atoms with Crippen molar-refractivity contribution in [1.82, 2.24) is 14.7 Å². The fourth-order valence-electron chi connectivity index (χ4n) is 1.85. The van der Waals surface area contributed by atoms with Crippen molar-refractivity contribution in [3.63, 3.8) is 0 Å². The van der Waals surface area contributed by atoms with Crippen LogP contribution in [0.4, 0.5) is 0 Å². The third kappa shape index (κ3) is 4.03. The van der Waals surface area contributed by atoms with Gasteiger partial charge in [-0.05, 0) is 31.9 Å². The van der Waals surface area contributed by atoms with Crippen LogP contribution >= 0.6 is 12.4 Å². The number of fused-ring (bicyclic) bond motifs is 1. The van der Waals surface area contributed by atoms with Gasteiger partial charge < -0.3 is 11.1 Å². The van der Waals surface area contributed by atoms with Gasteiger partial charge in [-0.3, -0.25) is 14.0 Å². The largest absolute Gasteiger partial charge is 0.352 e. The molecule has 0 spiro atoms. The average Bonchev–Trinajstić information content (AvgIpc) is 2.39. The number of rotatable bonds is 4. The summed E-state index contributed by atoms with van der Waals surface area (Å²) in [7, 11) is 0. The summed E-state index contributed by atoms with van der Waals surface area (Å²) >= 11 is 0. The van der Waals surface area contributed by atoms with Gasteiger partial charge in [0.1, 0.15) is 11.2 Å². The Labute approximate surface area is 128 Å². The van der Waals surface area contributed by atoms with Crippen LogP contribution in [-0.2, 0) is 0 Å². The Morgan fingerprint density at radius 2 is 2.19 bits per heavy atom. The van der Waals surface area contributed by atoms with E-state index in [-0.39, 0.29) is 29.6 Å². The zero-order valence-electron chi connectivity index (χ0n) is 12.0. The molecule has 0 aliphatic carbocycles. The highest BCUT2D eigenvalue weighted by molar-refractivity contribution is 5.93. The molecule has 114 valence electrons. The number of nitrogens with zero attached hydrogens (tertiary/aromatic N) is 2. The number of carbonyl (C=O) groups excluding carboxylic acids is 1. The Morgan fingerprint density at radius 1 is 1.48 bits per heavy atom. The molecular weight excluding hydrogens is 292 g/mol. The first-order chi connectivity index (χ1) is 9.49.